The van der Waals surface area contributed by atoms with E-state index in [0.29, 0.717) is 6.54 Å². The monoisotopic (exact) mass is 448 g/mol. The number of H-pyrrole nitrogens is 1. The second-order valence-corrected chi connectivity index (χ2v) is 8.31. The molecular weight excluding hydrogens is 424 g/mol. The van der Waals surface area contributed by atoms with Crippen molar-refractivity contribution < 1.29 is 4.74 Å². The minimum absolute atomic E-state index is 0.710. The first-order chi connectivity index (χ1) is 16.8. The van der Waals surface area contributed by atoms with Crippen molar-refractivity contribution in [3.8, 4) is 22.6 Å². The van der Waals surface area contributed by atoms with E-state index in [1.165, 1.54) is 11.1 Å². The van der Waals surface area contributed by atoms with Crippen LogP contribution in [-0.2, 0) is 19.5 Å². The van der Waals surface area contributed by atoms with Crippen LogP contribution in [0.3, 0.4) is 0 Å². The smallest absolute Gasteiger partial charge is 0.146 e. The number of hydrogen-bond acceptors (Lipinski definition) is 6. The Balaban J connectivity index is 1.31. The number of aromatic amines is 1. The Kier molecular flexibility index (Phi) is 5.37. The predicted octanol–water partition coefficient (Wildman–Crippen LogP) is 5.07. The van der Waals surface area contributed by atoms with E-state index in [0.717, 1.165) is 64.7 Å². The quantitative estimate of drug-likeness (QED) is 0.336. The van der Waals surface area contributed by atoms with Gasteiger partial charge in [-0.25, -0.2) is 9.97 Å². The molecule has 0 fully saturated rings. The number of fused-ring (bicyclic) bond motifs is 2. The number of rotatable bonds is 6. The summed E-state index contributed by atoms with van der Waals surface area (Å²) >= 11 is 0. The first kappa shape index (κ1) is 20.4. The maximum absolute atomic E-state index is 6.33. The molecule has 3 N–H and O–H groups in total. The molecule has 0 unspecified atom stereocenters. The number of anilines is 1. The van der Waals surface area contributed by atoms with Gasteiger partial charge in [0, 0.05) is 55.9 Å². The summed E-state index contributed by atoms with van der Waals surface area (Å²) in [6, 6.07) is 18.3. The molecule has 0 aliphatic carbocycles. The van der Waals surface area contributed by atoms with Crippen molar-refractivity contribution >= 4 is 16.9 Å². The van der Waals surface area contributed by atoms with Gasteiger partial charge in [-0.15, -0.1) is 0 Å². The molecule has 0 amide bonds. The second kappa shape index (κ2) is 8.96. The van der Waals surface area contributed by atoms with Crippen LogP contribution in [-0.4, -0.2) is 26.5 Å². The predicted molar refractivity (Wildman–Crippen MR) is 133 cm³/mol. The molecule has 4 aromatic heterocycles. The lowest BCUT2D eigenvalue weighted by Gasteiger charge is -2.17. The molecule has 168 valence electrons. The van der Waals surface area contributed by atoms with Gasteiger partial charge in [0.15, 0.2) is 0 Å². The van der Waals surface area contributed by atoms with Crippen LogP contribution in [0.15, 0.2) is 79.4 Å². The van der Waals surface area contributed by atoms with E-state index in [2.05, 4.69) is 54.8 Å². The topological polar surface area (TPSA) is 87.8 Å². The fourth-order valence-electron chi connectivity index (χ4n) is 4.33. The number of aromatic nitrogens is 4. The van der Waals surface area contributed by atoms with Gasteiger partial charge in [-0.2, -0.15) is 0 Å². The molecule has 1 aliphatic heterocycles. The van der Waals surface area contributed by atoms with Crippen molar-refractivity contribution in [3.05, 3.63) is 96.2 Å². The van der Waals surface area contributed by atoms with Crippen LogP contribution in [0.5, 0.6) is 11.5 Å². The van der Waals surface area contributed by atoms with Gasteiger partial charge in [0.2, 0.25) is 0 Å². The zero-order chi connectivity index (χ0) is 22.7. The fraction of sp³-hybridized carbons (Fsp3) is 0.148. The van der Waals surface area contributed by atoms with Gasteiger partial charge in [0.25, 0.3) is 0 Å². The van der Waals surface area contributed by atoms with E-state index in [1.807, 2.05) is 42.7 Å². The van der Waals surface area contributed by atoms with E-state index in [9.17, 15) is 0 Å². The van der Waals surface area contributed by atoms with E-state index in [1.54, 1.807) is 12.4 Å². The standard InChI is InChI=1S/C27H24N6O/c1-2-4-18(5-3-1)14-32-25-13-19(6-10-29-25)22-17-33-27-26(22)24(8-11-30-27)34-21-12-20-15-28-9-7-23(20)31-16-21/h1-6,8,10-13,16-17,28H,7,9,14-15H2,(H,29,32)(H,30,33). The Labute approximate surface area is 197 Å². The lowest BCUT2D eigenvalue weighted by Crippen LogP contribution is -2.24. The van der Waals surface area contributed by atoms with Crippen molar-refractivity contribution in [2.45, 2.75) is 19.5 Å². The maximum atomic E-state index is 6.33. The van der Waals surface area contributed by atoms with Crippen LogP contribution in [0.25, 0.3) is 22.2 Å². The van der Waals surface area contributed by atoms with Gasteiger partial charge in [0.1, 0.15) is 23.0 Å². The van der Waals surface area contributed by atoms with Crippen molar-refractivity contribution in [2.75, 3.05) is 11.9 Å². The minimum Gasteiger partial charge on any atom is -0.455 e. The van der Waals surface area contributed by atoms with Crippen LogP contribution < -0.4 is 15.4 Å². The molecule has 6 rings (SSSR count). The second-order valence-electron chi connectivity index (χ2n) is 8.31. The lowest BCUT2D eigenvalue weighted by molar-refractivity contribution is 0.481. The van der Waals surface area contributed by atoms with Crippen LogP contribution in [0.1, 0.15) is 16.8 Å². The summed E-state index contributed by atoms with van der Waals surface area (Å²) in [5.74, 6) is 2.28. The number of benzene rings is 1. The number of ether oxygens (including phenoxy) is 1. The summed E-state index contributed by atoms with van der Waals surface area (Å²) in [4.78, 5) is 16.9. The van der Waals surface area contributed by atoms with E-state index < -0.39 is 0 Å². The van der Waals surface area contributed by atoms with E-state index in [4.69, 9.17) is 4.74 Å². The number of nitrogens with one attached hydrogen (secondary N) is 3. The molecule has 0 bridgehead atoms. The van der Waals surface area contributed by atoms with Gasteiger partial charge in [0.05, 0.1) is 11.6 Å². The average molecular weight is 449 g/mol. The van der Waals surface area contributed by atoms with Gasteiger partial charge in [-0.05, 0) is 41.0 Å². The molecule has 5 aromatic rings. The zero-order valence-electron chi connectivity index (χ0n) is 18.6. The normalized spacial score (nSPS) is 12.9. The van der Waals surface area contributed by atoms with Gasteiger partial charge < -0.3 is 20.4 Å². The Bertz CT molecular complexity index is 1450. The number of hydrogen-bond donors (Lipinski definition) is 3. The summed E-state index contributed by atoms with van der Waals surface area (Å²) in [7, 11) is 0. The Morgan fingerprint density at radius 1 is 0.971 bits per heavy atom. The molecule has 7 heteroatoms. The molecule has 1 aliphatic rings. The lowest BCUT2D eigenvalue weighted by atomic mass is 10.1. The van der Waals surface area contributed by atoms with Gasteiger partial charge >= 0.3 is 0 Å². The third-order valence-electron chi connectivity index (χ3n) is 6.04. The molecule has 5 heterocycles. The molecule has 0 radical (unpaired) electrons. The van der Waals surface area contributed by atoms with E-state index >= 15 is 0 Å². The first-order valence-corrected chi connectivity index (χ1v) is 11.4. The highest BCUT2D eigenvalue weighted by atomic mass is 16.5. The van der Waals surface area contributed by atoms with Crippen LogP contribution >= 0.6 is 0 Å². The highest BCUT2D eigenvalue weighted by Gasteiger charge is 2.16. The van der Waals surface area contributed by atoms with Crippen LogP contribution in [0, 0.1) is 0 Å². The highest BCUT2D eigenvalue weighted by Crippen LogP contribution is 2.37. The van der Waals surface area contributed by atoms with Crippen molar-refractivity contribution in [3.63, 3.8) is 0 Å². The van der Waals surface area contributed by atoms with Crippen LogP contribution in [0.2, 0.25) is 0 Å². The summed E-state index contributed by atoms with van der Waals surface area (Å²) in [5, 5.41) is 7.73. The summed E-state index contributed by atoms with van der Waals surface area (Å²) in [5.41, 5.74) is 6.34. The van der Waals surface area contributed by atoms with Crippen molar-refractivity contribution in [2.24, 2.45) is 0 Å². The molecule has 0 saturated carbocycles. The maximum Gasteiger partial charge on any atom is 0.146 e. The van der Waals surface area contributed by atoms with E-state index in [-0.39, 0.29) is 0 Å². The number of pyridine rings is 3. The molecule has 0 saturated heterocycles. The third kappa shape index (κ3) is 4.09. The van der Waals surface area contributed by atoms with Crippen LogP contribution in [0.4, 0.5) is 5.82 Å². The summed E-state index contributed by atoms with van der Waals surface area (Å²) < 4.78 is 6.33. The molecule has 1 aromatic carbocycles. The molecule has 0 spiro atoms. The SMILES string of the molecule is c1ccc(CNc2cc(-c3c[nH]c4nccc(Oc5cnc6c(c5)CNCC6)c34)ccn2)cc1. The average Bonchev–Trinajstić information content (AvgIpc) is 3.34. The number of nitrogens with zero attached hydrogens (tertiary/aromatic N) is 3. The van der Waals surface area contributed by atoms with Crippen molar-refractivity contribution in [1.82, 2.24) is 25.3 Å². The largest absolute Gasteiger partial charge is 0.455 e. The van der Waals surface area contributed by atoms with Gasteiger partial charge in [-0.3, -0.25) is 4.98 Å². The Hall–Kier alpha value is -4.23. The fourth-order valence-corrected chi connectivity index (χ4v) is 4.33. The summed E-state index contributed by atoms with van der Waals surface area (Å²) in [6.45, 7) is 2.49. The Morgan fingerprint density at radius 2 is 1.88 bits per heavy atom. The molecule has 7 nitrogen and oxygen atoms in total. The molecule has 34 heavy (non-hydrogen) atoms. The molecule has 0 atom stereocenters. The third-order valence-corrected chi connectivity index (χ3v) is 6.04. The Morgan fingerprint density at radius 3 is 2.82 bits per heavy atom. The molecular formula is C27H24N6O. The highest BCUT2D eigenvalue weighted by molar-refractivity contribution is 5.98. The minimum atomic E-state index is 0.710. The zero-order valence-corrected chi connectivity index (χ0v) is 18.6. The summed E-state index contributed by atoms with van der Waals surface area (Å²) in [6.07, 6.45) is 8.29. The van der Waals surface area contributed by atoms with Gasteiger partial charge in [-0.1, -0.05) is 30.3 Å². The first-order valence-electron chi connectivity index (χ1n) is 11.4. The van der Waals surface area contributed by atoms with Crippen molar-refractivity contribution in [1.29, 1.82) is 0 Å².